The molecule has 0 bridgehead atoms. The summed E-state index contributed by atoms with van der Waals surface area (Å²) in [6.45, 7) is 4.61. The van der Waals surface area contributed by atoms with Gasteiger partial charge in [0.25, 0.3) is 0 Å². The number of rotatable bonds is 7. The minimum atomic E-state index is -0.452. The number of methoxy groups -OCH3 is 1. The lowest BCUT2D eigenvalue weighted by Crippen LogP contribution is -2.20. The lowest BCUT2D eigenvalue weighted by molar-refractivity contribution is 0.0563. The SMILES string of the molecule is CCOCCNCc1ccoc1C(=O)OC. The number of ether oxygens (including phenoxy) is 2. The molecule has 1 heterocycles. The molecule has 1 rings (SSSR count). The van der Waals surface area contributed by atoms with Crippen molar-refractivity contribution in [3.8, 4) is 0 Å². The van der Waals surface area contributed by atoms with Crippen LogP contribution in [0.25, 0.3) is 0 Å². The molecular formula is C11H17NO4. The third kappa shape index (κ3) is 3.67. The summed E-state index contributed by atoms with van der Waals surface area (Å²) < 4.78 is 14.8. The highest BCUT2D eigenvalue weighted by Gasteiger charge is 2.14. The van der Waals surface area contributed by atoms with Gasteiger partial charge in [0, 0.05) is 25.3 Å². The monoisotopic (exact) mass is 227 g/mol. The molecule has 0 amide bonds. The van der Waals surface area contributed by atoms with Gasteiger partial charge in [0.1, 0.15) is 0 Å². The number of hydrogen-bond donors (Lipinski definition) is 1. The highest BCUT2D eigenvalue weighted by Crippen LogP contribution is 2.11. The number of furan rings is 1. The zero-order chi connectivity index (χ0) is 11.8. The smallest absolute Gasteiger partial charge is 0.374 e. The Morgan fingerprint density at radius 1 is 1.56 bits per heavy atom. The van der Waals surface area contributed by atoms with Crippen molar-refractivity contribution in [2.75, 3.05) is 26.9 Å². The Kier molecular flexibility index (Phi) is 5.60. The van der Waals surface area contributed by atoms with Gasteiger partial charge in [-0.1, -0.05) is 0 Å². The number of esters is 1. The molecule has 16 heavy (non-hydrogen) atoms. The van der Waals surface area contributed by atoms with Crippen LogP contribution >= 0.6 is 0 Å². The van der Waals surface area contributed by atoms with Crippen molar-refractivity contribution >= 4 is 5.97 Å². The Morgan fingerprint density at radius 3 is 3.06 bits per heavy atom. The lowest BCUT2D eigenvalue weighted by atomic mass is 10.2. The van der Waals surface area contributed by atoms with Gasteiger partial charge in [0.15, 0.2) is 0 Å². The number of carbonyl (C=O) groups excluding carboxylic acids is 1. The first-order valence-corrected chi connectivity index (χ1v) is 5.22. The summed E-state index contributed by atoms with van der Waals surface area (Å²) in [5.41, 5.74) is 0.795. The predicted molar refractivity (Wildman–Crippen MR) is 58.2 cm³/mol. The minimum absolute atomic E-state index is 0.256. The topological polar surface area (TPSA) is 60.7 Å². The van der Waals surface area contributed by atoms with Gasteiger partial charge in [-0.15, -0.1) is 0 Å². The Labute approximate surface area is 94.7 Å². The van der Waals surface area contributed by atoms with E-state index in [1.54, 1.807) is 6.07 Å². The molecule has 0 radical (unpaired) electrons. The van der Waals surface area contributed by atoms with Crippen LogP contribution < -0.4 is 5.32 Å². The average molecular weight is 227 g/mol. The van der Waals surface area contributed by atoms with E-state index >= 15 is 0 Å². The van der Waals surface area contributed by atoms with Crippen LogP contribution in [0.15, 0.2) is 16.7 Å². The molecule has 0 saturated heterocycles. The van der Waals surface area contributed by atoms with Crippen molar-refractivity contribution < 1.29 is 18.7 Å². The van der Waals surface area contributed by atoms with Crippen molar-refractivity contribution in [1.82, 2.24) is 5.32 Å². The standard InChI is InChI=1S/C11H17NO4/c1-3-15-7-5-12-8-9-4-6-16-10(9)11(13)14-2/h4,6,12H,3,5,7-8H2,1-2H3. The van der Waals surface area contributed by atoms with E-state index in [0.29, 0.717) is 19.8 Å². The third-order valence-corrected chi connectivity index (χ3v) is 2.06. The van der Waals surface area contributed by atoms with Gasteiger partial charge < -0.3 is 19.2 Å². The van der Waals surface area contributed by atoms with E-state index in [9.17, 15) is 4.79 Å². The van der Waals surface area contributed by atoms with Crippen molar-refractivity contribution in [2.45, 2.75) is 13.5 Å². The van der Waals surface area contributed by atoms with E-state index in [2.05, 4.69) is 10.1 Å². The number of nitrogens with one attached hydrogen (secondary N) is 1. The molecule has 0 aliphatic heterocycles. The summed E-state index contributed by atoms with van der Waals surface area (Å²) in [4.78, 5) is 11.3. The molecule has 1 aromatic heterocycles. The van der Waals surface area contributed by atoms with Crippen molar-refractivity contribution in [2.24, 2.45) is 0 Å². The molecular weight excluding hydrogens is 210 g/mol. The Balaban J connectivity index is 2.36. The van der Waals surface area contributed by atoms with Gasteiger partial charge in [-0.3, -0.25) is 0 Å². The fourth-order valence-electron chi connectivity index (χ4n) is 1.26. The second-order valence-corrected chi connectivity index (χ2v) is 3.14. The largest absolute Gasteiger partial charge is 0.463 e. The molecule has 0 fully saturated rings. The molecule has 0 saturated carbocycles. The highest BCUT2D eigenvalue weighted by molar-refractivity contribution is 5.87. The van der Waals surface area contributed by atoms with Gasteiger partial charge in [0.2, 0.25) is 5.76 Å². The van der Waals surface area contributed by atoms with Gasteiger partial charge in [-0.05, 0) is 13.0 Å². The third-order valence-electron chi connectivity index (χ3n) is 2.06. The van der Waals surface area contributed by atoms with E-state index in [-0.39, 0.29) is 5.76 Å². The van der Waals surface area contributed by atoms with Crippen LogP contribution in [-0.4, -0.2) is 32.8 Å². The Hall–Kier alpha value is -1.33. The first kappa shape index (κ1) is 12.7. The van der Waals surface area contributed by atoms with Crippen LogP contribution in [0.4, 0.5) is 0 Å². The van der Waals surface area contributed by atoms with E-state index in [4.69, 9.17) is 9.15 Å². The fourth-order valence-corrected chi connectivity index (χ4v) is 1.26. The van der Waals surface area contributed by atoms with Crippen LogP contribution in [0, 0.1) is 0 Å². The van der Waals surface area contributed by atoms with Gasteiger partial charge >= 0.3 is 5.97 Å². The second-order valence-electron chi connectivity index (χ2n) is 3.14. The second kappa shape index (κ2) is 7.03. The molecule has 0 aliphatic rings. The van der Waals surface area contributed by atoms with Gasteiger partial charge in [0.05, 0.1) is 20.0 Å². The van der Waals surface area contributed by atoms with Gasteiger partial charge in [-0.25, -0.2) is 4.79 Å². The summed E-state index contributed by atoms with van der Waals surface area (Å²) in [7, 11) is 1.33. The summed E-state index contributed by atoms with van der Waals surface area (Å²) >= 11 is 0. The van der Waals surface area contributed by atoms with Crippen LogP contribution in [0.2, 0.25) is 0 Å². The highest BCUT2D eigenvalue weighted by atomic mass is 16.5. The van der Waals surface area contributed by atoms with Crippen molar-refractivity contribution in [3.63, 3.8) is 0 Å². The molecule has 0 atom stereocenters. The molecule has 90 valence electrons. The van der Waals surface area contributed by atoms with E-state index in [1.165, 1.54) is 13.4 Å². The predicted octanol–water partition coefficient (Wildman–Crippen LogP) is 1.19. The lowest BCUT2D eigenvalue weighted by Gasteiger charge is -2.04. The maximum Gasteiger partial charge on any atom is 0.374 e. The zero-order valence-electron chi connectivity index (χ0n) is 9.62. The van der Waals surface area contributed by atoms with Crippen LogP contribution in [0.1, 0.15) is 23.0 Å². The molecule has 0 spiro atoms. The summed E-state index contributed by atoms with van der Waals surface area (Å²) in [6, 6.07) is 1.75. The summed E-state index contributed by atoms with van der Waals surface area (Å²) in [5.74, 6) is -0.196. The number of hydrogen-bond acceptors (Lipinski definition) is 5. The van der Waals surface area contributed by atoms with Crippen molar-refractivity contribution in [1.29, 1.82) is 0 Å². The van der Waals surface area contributed by atoms with Crippen molar-refractivity contribution in [3.05, 3.63) is 23.7 Å². The van der Waals surface area contributed by atoms with Crippen LogP contribution in [-0.2, 0) is 16.0 Å². The number of carbonyl (C=O) groups is 1. The first-order valence-electron chi connectivity index (χ1n) is 5.22. The van der Waals surface area contributed by atoms with Crippen LogP contribution in [0.5, 0.6) is 0 Å². The Morgan fingerprint density at radius 2 is 2.38 bits per heavy atom. The quantitative estimate of drug-likeness (QED) is 0.560. The fraction of sp³-hybridized carbons (Fsp3) is 0.545. The first-order chi connectivity index (χ1) is 7.79. The molecule has 5 heteroatoms. The normalized spacial score (nSPS) is 10.4. The van der Waals surface area contributed by atoms with E-state index in [0.717, 1.165) is 12.1 Å². The molecule has 0 unspecified atom stereocenters. The van der Waals surface area contributed by atoms with E-state index < -0.39 is 5.97 Å². The van der Waals surface area contributed by atoms with E-state index in [1.807, 2.05) is 6.92 Å². The molecule has 0 aromatic carbocycles. The molecule has 1 aromatic rings. The summed E-state index contributed by atoms with van der Waals surface area (Å²) in [5, 5.41) is 3.15. The molecule has 1 N–H and O–H groups in total. The van der Waals surface area contributed by atoms with Crippen LogP contribution in [0.3, 0.4) is 0 Å². The van der Waals surface area contributed by atoms with Gasteiger partial charge in [-0.2, -0.15) is 0 Å². The maximum absolute atomic E-state index is 11.3. The zero-order valence-corrected chi connectivity index (χ0v) is 9.62. The summed E-state index contributed by atoms with van der Waals surface area (Å²) in [6.07, 6.45) is 1.48. The minimum Gasteiger partial charge on any atom is -0.463 e. The average Bonchev–Trinajstić information content (AvgIpc) is 2.76. The molecule has 0 aliphatic carbocycles. The maximum atomic E-state index is 11.3. The molecule has 5 nitrogen and oxygen atoms in total. The Bertz CT molecular complexity index is 322.